The fraction of sp³-hybridized carbons (Fsp3) is 0.842. The molecule has 3 nitrogen and oxygen atoms in total. The Balaban J connectivity index is 4.44. The highest BCUT2D eigenvalue weighted by molar-refractivity contribution is 5.86. The number of esters is 1. The van der Waals surface area contributed by atoms with Crippen molar-refractivity contribution in [2.75, 3.05) is 19.7 Å². The summed E-state index contributed by atoms with van der Waals surface area (Å²) in [6.07, 6.45) is 9.82. The van der Waals surface area contributed by atoms with Gasteiger partial charge in [-0.15, -0.1) is 0 Å². The molecule has 0 aliphatic rings. The van der Waals surface area contributed by atoms with Crippen LogP contribution in [-0.2, 0) is 9.53 Å². The minimum atomic E-state index is -0.260. The lowest BCUT2D eigenvalue weighted by molar-refractivity contribution is -0.140. The van der Waals surface area contributed by atoms with E-state index in [-0.39, 0.29) is 5.97 Å². The molecular weight excluding hydrogens is 274 g/mol. The highest BCUT2D eigenvalue weighted by Gasteiger charge is 2.19. The van der Waals surface area contributed by atoms with Crippen molar-refractivity contribution in [1.29, 1.82) is 0 Å². The summed E-state index contributed by atoms with van der Waals surface area (Å²) in [6.45, 7) is 14.7. The van der Waals surface area contributed by atoms with E-state index >= 15 is 0 Å². The van der Waals surface area contributed by atoms with Gasteiger partial charge in [-0.05, 0) is 39.3 Å². The standard InChI is InChI=1S/C19H37NO2/c1-6-9-10-11-12-13-18(16-22-19(21)17(4)5)20(14-7-2)15-8-3/h18H,4,6-16H2,1-3,5H3. The highest BCUT2D eigenvalue weighted by atomic mass is 16.5. The molecule has 0 aliphatic carbocycles. The van der Waals surface area contributed by atoms with Crippen LogP contribution in [-0.4, -0.2) is 36.6 Å². The molecule has 0 radical (unpaired) electrons. The van der Waals surface area contributed by atoms with Gasteiger partial charge in [0.15, 0.2) is 0 Å². The van der Waals surface area contributed by atoms with Gasteiger partial charge in [-0.2, -0.15) is 0 Å². The van der Waals surface area contributed by atoms with E-state index in [4.69, 9.17) is 4.74 Å². The van der Waals surface area contributed by atoms with Crippen LogP contribution in [0.1, 0.15) is 79.1 Å². The normalized spacial score (nSPS) is 12.4. The molecule has 0 aliphatic heterocycles. The Bertz CT molecular complexity index is 296. The molecule has 0 aromatic heterocycles. The van der Waals surface area contributed by atoms with E-state index in [1.807, 2.05) is 0 Å². The summed E-state index contributed by atoms with van der Waals surface area (Å²) >= 11 is 0. The zero-order valence-corrected chi connectivity index (χ0v) is 15.3. The monoisotopic (exact) mass is 311 g/mol. The largest absolute Gasteiger partial charge is 0.461 e. The van der Waals surface area contributed by atoms with Crippen LogP contribution in [0.25, 0.3) is 0 Å². The highest BCUT2D eigenvalue weighted by Crippen LogP contribution is 2.14. The summed E-state index contributed by atoms with van der Waals surface area (Å²) < 4.78 is 5.44. The first-order chi connectivity index (χ1) is 10.6. The van der Waals surface area contributed by atoms with Crippen LogP contribution in [0.15, 0.2) is 12.2 Å². The second kappa shape index (κ2) is 13.8. The maximum absolute atomic E-state index is 11.7. The maximum Gasteiger partial charge on any atom is 0.333 e. The molecule has 1 unspecified atom stereocenters. The predicted molar refractivity (Wildman–Crippen MR) is 95.1 cm³/mol. The maximum atomic E-state index is 11.7. The average Bonchev–Trinajstić information content (AvgIpc) is 2.49. The van der Waals surface area contributed by atoms with E-state index in [0.29, 0.717) is 18.2 Å². The zero-order chi connectivity index (χ0) is 16.8. The number of nitrogens with zero attached hydrogens (tertiary/aromatic N) is 1. The molecular formula is C19H37NO2. The van der Waals surface area contributed by atoms with Crippen molar-refractivity contribution in [3.05, 3.63) is 12.2 Å². The molecule has 0 amide bonds. The van der Waals surface area contributed by atoms with Gasteiger partial charge in [0.2, 0.25) is 0 Å². The summed E-state index contributed by atoms with van der Waals surface area (Å²) in [4.78, 5) is 14.2. The van der Waals surface area contributed by atoms with E-state index in [9.17, 15) is 4.79 Å². The minimum Gasteiger partial charge on any atom is -0.461 e. The van der Waals surface area contributed by atoms with Crippen molar-refractivity contribution < 1.29 is 9.53 Å². The molecule has 130 valence electrons. The molecule has 0 spiro atoms. The summed E-state index contributed by atoms with van der Waals surface area (Å²) in [5.74, 6) is -0.260. The molecule has 1 atom stereocenters. The summed E-state index contributed by atoms with van der Waals surface area (Å²) in [5, 5.41) is 0. The SMILES string of the molecule is C=C(C)C(=O)OCC(CCCCCCC)N(CCC)CCC. The van der Waals surface area contributed by atoms with Crippen molar-refractivity contribution in [3.8, 4) is 0 Å². The molecule has 0 heterocycles. The van der Waals surface area contributed by atoms with Crippen LogP contribution in [0.2, 0.25) is 0 Å². The van der Waals surface area contributed by atoms with Gasteiger partial charge in [0.1, 0.15) is 6.61 Å². The fourth-order valence-corrected chi connectivity index (χ4v) is 2.70. The van der Waals surface area contributed by atoms with Crippen LogP contribution < -0.4 is 0 Å². The molecule has 0 fully saturated rings. The number of carbonyl (C=O) groups is 1. The van der Waals surface area contributed by atoms with Crippen molar-refractivity contribution in [2.45, 2.75) is 85.1 Å². The zero-order valence-electron chi connectivity index (χ0n) is 15.3. The van der Waals surface area contributed by atoms with Gasteiger partial charge in [0.05, 0.1) is 0 Å². The molecule has 0 saturated carbocycles. The first-order valence-electron chi connectivity index (χ1n) is 9.13. The van der Waals surface area contributed by atoms with Gasteiger partial charge in [0.25, 0.3) is 0 Å². The topological polar surface area (TPSA) is 29.5 Å². The van der Waals surface area contributed by atoms with Gasteiger partial charge in [0, 0.05) is 11.6 Å². The number of carbonyl (C=O) groups excluding carboxylic acids is 1. The third-order valence-corrected chi connectivity index (χ3v) is 3.93. The second-order valence-electron chi connectivity index (χ2n) is 6.27. The van der Waals surface area contributed by atoms with Crippen molar-refractivity contribution in [1.82, 2.24) is 4.90 Å². The van der Waals surface area contributed by atoms with E-state index < -0.39 is 0 Å². The van der Waals surface area contributed by atoms with E-state index in [2.05, 4.69) is 32.3 Å². The molecule has 0 saturated heterocycles. The lowest BCUT2D eigenvalue weighted by atomic mass is 10.0. The van der Waals surface area contributed by atoms with Crippen LogP contribution in [0, 0.1) is 0 Å². The Morgan fingerprint density at radius 2 is 1.59 bits per heavy atom. The van der Waals surface area contributed by atoms with Crippen molar-refractivity contribution >= 4 is 5.97 Å². The van der Waals surface area contributed by atoms with Gasteiger partial charge in [-0.25, -0.2) is 4.79 Å². The Kier molecular flexibility index (Phi) is 13.3. The fourth-order valence-electron chi connectivity index (χ4n) is 2.70. The average molecular weight is 312 g/mol. The molecule has 0 aromatic rings. The molecule has 3 heteroatoms. The third kappa shape index (κ3) is 9.99. The van der Waals surface area contributed by atoms with E-state index in [0.717, 1.165) is 32.4 Å². The molecule has 0 bridgehead atoms. The van der Waals surface area contributed by atoms with Gasteiger partial charge < -0.3 is 4.74 Å². The van der Waals surface area contributed by atoms with Crippen LogP contribution in [0.4, 0.5) is 0 Å². The van der Waals surface area contributed by atoms with Crippen molar-refractivity contribution in [2.24, 2.45) is 0 Å². The molecule has 0 N–H and O–H groups in total. The Morgan fingerprint density at radius 3 is 2.09 bits per heavy atom. The number of hydrogen-bond acceptors (Lipinski definition) is 3. The Morgan fingerprint density at radius 1 is 1.00 bits per heavy atom. The van der Waals surface area contributed by atoms with Gasteiger partial charge in [-0.1, -0.05) is 59.5 Å². The van der Waals surface area contributed by atoms with Crippen molar-refractivity contribution in [3.63, 3.8) is 0 Å². The van der Waals surface area contributed by atoms with Crippen LogP contribution in [0.5, 0.6) is 0 Å². The second-order valence-corrected chi connectivity index (χ2v) is 6.27. The smallest absolute Gasteiger partial charge is 0.333 e. The van der Waals surface area contributed by atoms with Gasteiger partial charge >= 0.3 is 5.97 Å². The summed E-state index contributed by atoms with van der Waals surface area (Å²) in [6, 6.07) is 0.352. The quantitative estimate of drug-likeness (QED) is 0.258. The van der Waals surface area contributed by atoms with Crippen LogP contribution in [0.3, 0.4) is 0 Å². The summed E-state index contributed by atoms with van der Waals surface area (Å²) in [5.41, 5.74) is 0.485. The number of hydrogen-bond donors (Lipinski definition) is 0. The van der Waals surface area contributed by atoms with Crippen LogP contribution >= 0.6 is 0 Å². The minimum absolute atomic E-state index is 0.260. The number of ether oxygens (including phenoxy) is 1. The first-order valence-corrected chi connectivity index (χ1v) is 9.13. The third-order valence-electron chi connectivity index (χ3n) is 3.93. The molecule has 0 aromatic carbocycles. The Hall–Kier alpha value is -0.830. The first kappa shape index (κ1) is 21.2. The van der Waals surface area contributed by atoms with E-state index in [1.54, 1.807) is 6.92 Å². The number of rotatable bonds is 14. The number of unbranched alkanes of at least 4 members (excludes halogenated alkanes) is 4. The van der Waals surface area contributed by atoms with Gasteiger partial charge in [-0.3, -0.25) is 4.90 Å². The lowest BCUT2D eigenvalue weighted by Crippen LogP contribution is -2.40. The molecule has 0 rings (SSSR count). The summed E-state index contributed by atoms with van der Waals surface area (Å²) in [7, 11) is 0. The predicted octanol–water partition coefficient (Wildman–Crippen LogP) is 4.96. The Labute approximate surface area is 138 Å². The molecule has 22 heavy (non-hydrogen) atoms. The van der Waals surface area contributed by atoms with E-state index in [1.165, 1.54) is 32.1 Å². The lowest BCUT2D eigenvalue weighted by Gasteiger charge is -2.31.